The van der Waals surface area contributed by atoms with Gasteiger partial charge in [0, 0.05) is 13.0 Å². The van der Waals surface area contributed by atoms with Gasteiger partial charge in [0.25, 0.3) is 0 Å². The number of carbonyl (C=O) groups is 2. The zero-order chi connectivity index (χ0) is 12.8. The molecule has 0 aliphatic rings. The number of rotatable bonds is 12. The van der Waals surface area contributed by atoms with Gasteiger partial charge in [0.1, 0.15) is 12.9 Å². The normalized spacial score (nSPS) is 10.2. The summed E-state index contributed by atoms with van der Waals surface area (Å²) >= 11 is 0. The van der Waals surface area contributed by atoms with E-state index in [1.54, 1.807) is 6.92 Å². The molecule has 1 amide bonds. The highest BCUT2D eigenvalue weighted by Gasteiger charge is 1.95. The highest BCUT2D eigenvalue weighted by atomic mass is 16.5. The third-order valence-corrected chi connectivity index (χ3v) is 1.82. The number of aldehydes is 1. The minimum atomic E-state index is 0.0252. The molecule has 17 heavy (non-hydrogen) atoms. The van der Waals surface area contributed by atoms with Gasteiger partial charge in [-0.3, -0.25) is 4.79 Å². The maximum Gasteiger partial charge on any atom is 0.219 e. The lowest BCUT2D eigenvalue weighted by molar-refractivity contribution is -0.121. The van der Waals surface area contributed by atoms with Crippen LogP contribution in [0.25, 0.3) is 0 Å². The number of hydrogen-bond acceptors (Lipinski definition) is 5. The maximum absolute atomic E-state index is 10.8. The molecule has 0 atom stereocenters. The SMILES string of the molecule is CCC(=O)NCCOCCOCCOCC=O. The van der Waals surface area contributed by atoms with E-state index >= 15 is 0 Å². The van der Waals surface area contributed by atoms with E-state index in [4.69, 9.17) is 14.2 Å². The third-order valence-electron chi connectivity index (χ3n) is 1.82. The summed E-state index contributed by atoms with van der Waals surface area (Å²) in [4.78, 5) is 20.7. The standard InChI is InChI=1S/C11H21NO5/c1-2-11(14)12-3-5-15-7-9-17-10-8-16-6-4-13/h4H,2-3,5-10H2,1H3,(H,12,14). The van der Waals surface area contributed by atoms with Crippen LogP contribution in [-0.4, -0.2) is 58.4 Å². The molecule has 100 valence electrons. The second kappa shape index (κ2) is 13.1. The summed E-state index contributed by atoms with van der Waals surface area (Å²) in [6, 6.07) is 0. The van der Waals surface area contributed by atoms with E-state index in [-0.39, 0.29) is 12.5 Å². The van der Waals surface area contributed by atoms with Crippen LogP contribution in [0.4, 0.5) is 0 Å². The van der Waals surface area contributed by atoms with Gasteiger partial charge in [0.15, 0.2) is 0 Å². The Hall–Kier alpha value is -0.980. The molecule has 0 unspecified atom stereocenters. The number of amides is 1. The van der Waals surface area contributed by atoms with Crippen LogP contribution in [-0.2, 0) is 23.8 Å². The number of hydrogen-bond donors (Lipinski definition) is 1. The van der Waals surface area contributed by atoms with Crippen molar-refractivity contribution in [2.45, 2.75) is 13.3 Å². The van der Waals surface area contributed by atoms with Crippen LogP contribution in [0.5, 0.6) is 0 Å². The molecule has 0 bridgehead atoms. The molecule has 0 aromatic carbocycles. The summed E-state index contributed by atoms with van der Waals surface area (Å²) in [6.07, 6.45) is 1.19. The highest BCUT2D eigenvalue weighted by molar-refractivity contribution is 5.75. The van der Waals surface area contributed by atoms with E-state index in [1.165, 1.54) is 0 Å². The summed E-state index contributed by atoms with van der Waals surface area (Å²) in [7, 11) is 0. The molecular formula is C11H21NO5. The molecule has 0 spiro atoms. The van der Waals surface area contributed by atoms with Crippen LogP contribution in [0.1, 0.15) is 13.3 Å². The van der Waals surface area contributed by atoms with Crippen LogP contribution < -0.4 is 5.32 Å². The molecule has 0 aliphatic carbocycles. The lowest BCUT2D eigenvalue weighted by Gasteiger charge is -2.06. The Labute approximate surface area is 102 Å². The van der Waals surface area contributed by atoms with Crippen LogP contribution in [0.15, 0.2) is 0 Å². The van der Waals surface area contributed by atoms with E-state index < -0.39 is 0 Å². The van der Waals surface area contributed by atoms with Crippen LogP contribution in [0.2, 0.25) is 0 Å². The van der Waals surface area contributed by atoms with Gasteiger partial charge in [-0.25, -0.2) is 0 Å². The fourth-order valence-electron chi connectivity index (χ4n) is 0.959. The Balaban J connectivity index is 2.98. The average molecular weight is 247 g/mol. The Bertz CT molecular complexity index is 198. The first-order chi connectivity index (χ1) is 8.31. The summed E-state index contributed by atoms with van der Waals surface area (Å²) in [6.45, 7) is 4.73. The molecule has 0 heterocycles. The first-order valence-electron chi connectivity index (χ1n) is 5.74. The number of ether oxygens (including phenoxy) is 3. The van der Waals surface area contributed by atoms with Crippen molar-refractivity contribution < 1.29 is 23.8 Å². The summed E-state index contributed by atoms with van der Waals surface area (Å²) in [5, 5.41) is 2.70. The van der Waals surface area contributed by atoms with Gasteiger partial charge >= 0.3 is 0 Å². The molecule has 0 rings (SSSR count). The molecule has 1 N–H and O–H groups in total. The van der Waals surface area contributed by atoms with E-state index in [9.17, 15) is 9.59 Å². The zero-order valence-corrected chi connectivity index (χ0v) is 10.3. The lowest BCUT2D eigenvalue weighted by atomic mass is 10.4. The molecule has 0 radical (unpaired) electrons. The number of carbonyl (C=O) groups excluding carboxylic acids is 2. The molecule has 0 aromatic rings. The Morgan fingerprint density at radius 3 is 2.24 bits per heavy atom. The van der Waals surface area contributed by atoms with Gasteiger partial charge < -0.3 is 24.3 Å². The Morgan fingerprint density at radius 2 is 1.65 bits per heavy atom. The van der Waals surface area contributed by atoms with Crippen molar-refractivity contribution in [3.8, 4) is 0 Å². The van der Waals surface area contributed by atoms with E-state index in [2.05, 4.69) is 5.32 Å². The largest absolute Gasteiger partial charge is 0.377 e. The van der Waals surface area contributed by atoms with E-state index in [0.29, 0.717) is 52.3 Å². The molecule has 0 aliphatic heterocycles. The van der Waals surface area contributed by atoms with E-state index in [0.717, 1.165) is 0 Å². The quantitative estimate of drug-likeness (QED) is 0.380. The first kappa shape index (κ1) is 16.0. The molecule has 0 saturated carbocycles. The molecular weight excluding hydrogens is 226 g/mol. The maximum atomic E-state index is 10.8. The van der Waals surface area contributed by atoms with Crippen molar-refractivity contribution in [3.63, 3.8) is 0 Å². The van der Waals surface area contributed by atoms with Crippen molar-refractivity contribution in [2.24, 2.45) is 0 Å². The summed E-state index contributed by atoms with van der Waals surface area (Å²) in [5.74, 6) is 0.0252. The van der Waals surface area contributed by atoms with Gasteiger partial charge in [-0.15, -0.1) is 0 Å². The highest BCUT2D eigenvalue weighted by Crippen LogP contribution is 1.81. The van der Waals surface area contributed by atoms with Gasteiger partial charge in [-0.1, -0.05) is 6.92 Å². The lowest BCUT2D eigenvalue weighted by Crippen LogP contribution is -2.26. The van der Waals surface area contributed by atoms with Crippen molar-refractivity contribution in [1.82, 2.24) is 5.32 Å². The molecule has 6 nitrogen and oxygen atoms in total. The fourth-order valence-corrected chi connectivity index (χ4v) is 0.959. The predicted molar refractivity (Wildman–Crippen MR) is 61.8 cm³/mol. The average Bonchev–Trinajstić information content (AvgIpc) is 2.35. The monoisotopic (exact) mass is 247 g/mol. The summed E-state index contributed by atoms with van der Waals surface area (Å²) < 4.78 is 15.3. The van der Waals surface area contributed by atoms with Gasteiger partial charge in [-0.2, -0.15) is 0 Å². The van der Waals surface area contributed by atoms with E-state index in [1.807, 2.05) is 0 Å². The van der Waals surface area contributed by atoms with Crippen molar-refractivity contribution in [2.75, 3.05) is 46.2 Å². The smallest absolute Gasteiger partial charge is 0.219 e. The van der Waals surface area contributed by atoms with Crippen LogP contribution in [0.3, 0.4) is 0 Å². The van der Waals surface area contributed by atoms with Crippen molar-refractivity contribution >= 4 is 12.2 Å². The molecule has 6 heteroatoms. The zero-order valence-electron chi connectivity index (χ0n) is 10.3. The van der Waals surface area contributed by atoms with Gasteiger partial charge in [0.2, 0.25) is 5.91 Å². The van der Waals surface area contributed by atoms with Crippen molar-refractivity contribution in [3.05, 3.63) is 0 Å². The first-order valence-corrected chi connectivity index (χ1v) is 5.74. The predicted octanol–water partition coefficient (Wildman–Crippen LogP) is -0.239. The minimum Gasteiger partial charge on any atom is -0.377 e. The Kier molecular flexibility index (Phi) is 12.3. The fraction of sp³-hybridized carbons (Fsp3) is 0.818. The molecule has 0 aromatic heterocycles. The van der Waals surface area contributed by atoms with Crippen LogP contribution >= 0.6 is 0 Å². The minimum absolute atomic E-state index is 0.0252. The van der Waals surface area contributed by atoms with Gasteiger partial charge in [-0.05, 0) is 0 Å². The van der Waals surface area contributed by atoms with Crippen LogP contribution in [0, 0.1) is 0 Å². The van der Waals surface area contributed by atoms with Crippen molar-refractivity contribution in [1.29, 1.82) is 0 Å². The topological polar surface area (TPSA) is 73.9 Å². The molecule has 0 saturated heterocycles. The second-order valence-electron chi connectivity index (χ2n) is 3.17. The third kappa shape index (κ3) is 13.0. The summed E-state index contributed by atoms with van der Waals surface area (Å²) in [5.41, 5.74) is 0. The van der Waals surface area contributed by atoms with Gasteiger partial charge in [0.05, 0.1) is 33.0 Å². The second-order valence-corrected chi connectivity index (χ2v) is 3.17. The Morgan fingerprint density at radius 1 is 1.06 bits per heavy atom. The molecule has 0 fully saturated rings. The number of nitrogens with one attached hydrogen (secondary N) is 1.